The molecule has 0 aliphatic rings. The third-order valence-corrected chi connectivity index (χ3v) is 4.89. The molecule has 0 bridgehead atoms. The van der Waals surface area contributed by atoms with Crippen LogP contribution in [-0.2, 0) is 4.79 Å². The first-order valence-electron chi connectivity index (χ1n) is 8.25. The molecule has 4 heteroatoms. The van der Waals surface area contributed by atoms with Crippen molar-refractivity contribution < 1.29 is 9.53 Å². The van der Waals surface area contributed by atoms with Gasteiger partial charge in [0, 0.05) is 17.1 Å². The highest BCUT2D eigenvalue weighted by molar-refractivity contribution is 7.99. The molecule has 0 fully saturated rings. The second-order valence-corrected chi connectivity index (χ2v) is 6.88. The average molecular weight is 343 g/mol. The number of ether oxygens (including phenoxy) is 1. The van der Waals surface area contributed by atoms with Crippen LogP contribution in [0.25, 0.3) is 0 Å². The maximum Gasteiger partial charge on any atom is 0.221 e. The molecule has 0 aromatic heterocycles. The number of methoxy groups -OCH3 is 1. The van der Waals surface area contributed by atoms with E-state index >= 15 is 0 Å². The molecular weight excluding hydrogens is 318 g/mol. The van der Waals surface area contributed by atoms with Gasteiger partial charge >= 0.3 is 0 Å². The monoisotopic (exact) mass is 343 g/mol. The summed E-state index contributed by atoms with van der Waals surface area (Å²) in [5.41, 5.74) is 2.36. The van der Waals surface area contributed by atoms with Crippen LogP contribution in [0.1, 0.15) is 36.9 Å². The number of aryl methyl sites for hydroxylation is 1. The number of carbonyl (C=O) groups excluding carboxylic acids is 1. The zero-order valence-corrected chi connectivity index (χ0v) is 15.4. The SMILES string of the molecule is CCC(NC(=O)CCSc1ccc(C)cc1)c1ccc(OC)cc1. The second kappa shape index (κ2) is 9.38. The van der Waals surface area contributed by atoms with Crippen LogP contribution in [0, 0.1) is 6.92 Å². The summed E-state index contributed by atoms with van der Waals surface area (Å²) in [5.74, 6) is 1.71. The largest absolute Gasteiger partial charge is 0.497 e. The van der Waals surface area contributed by atoms with Gasteiger partial charge in [0.1, 0.15) is 5.75 Å². The van der Waals surface area contributed by atoms with Crippen molar-refractivity contribution in [2.75, 3.05) is 12.9 Å². The Kier molecular flexibility index (Phi) is 7.19. The summed E-state index contributed by atoms with van der Waals surface area (Å²) >= 11 is 1.72. The summed E-state index contributed by atoms with van der Waals surface area (Å²) in [5, 5.41) is 3.12. The molecule has 2 aromatic carbocycles. The lowest BCUT2D eigenvalue weighted by Gasteiger charge is -2.18. The van der Waals surface area contributed by atoms with Crippen LogP contribution in [0.3, 0.4) is 0 Å². The van der Waals surface area contributed by atoms with E-state index in [-0.39, 0.29) is 11.9 Å². The molecular formula is C20H25NO2S. The quantitative estimate of drug-likeness (QED) is 0.703. The topological polar surface area (TPSA) is 38.3 Å². The van der Waals surface area contributed by atoms with Crippen LogP contribution in [0.4, 0.5) is 0 Å². The van der Waals surface area contributed by atoms with E-state index in [4.69, 9.17) is 4.74 Å². The Morgan fingerprint density at radius 1 is 1.12 bits per heavy atom. The maximum absolute atomic E-state index is 12.2. The Bertz CT molecular complexity index is 638. The molecule has 1 atom stereocenters. The Hall–Kier alpha value is -1.94. The molecule has 0 saturated heterocycles. The van der Waals surface area contributed by atoms with Crippen LogP contribution in [0.15, 0.2) is 53.4 Å². The van der Waals surface area contributed by atoms with Crippen LogP contribution < -0.4 is 10.1 Å². The Morgan fingerprint density at radius 2 is 1.79 bits per heavy atom. The third-order valence-electron chi connectivity index (χ3n) is 3.88. The van der Waals surface area contributed by atoms with Gasteiger partial charge in [0.2, 0.25) is 5.91 Å². The van der Waals surface area contributed by atoms with Gasteiger partial charge < -0.3 is 10.1 Å². The van der Waals surface area contributed by atoms with Crippen molar-refractivity contribution >= 4 is 17.7 Å². The van der Waals surface area contributed by atoms with E-state index in [9.17, 15) is 4.79 Å². The van der Waals surface area contributed by atoms with Crippen molar-refractivity contribution in [3.05, 3.63) is 59.7 Å². The number of rotatable bonds is 8. The fourth-order valence-electron chi connectivity index (χ4n) is 2.42. The fourth-order valence-corrected chi connectivity index (χ4v) is 3.27. The smallest absolute Gasteiger partial charge is 0.221 e. The molecule has 0 saturated carbocycles. The van der Waals surface area contributed by atoms with Crippen LogP contribution in [0.5, 0.6) is 5.75 Å². The maximum atomic E-state index is 12.2. The van der Waals surface area contributed by atoms with Crippen molar-refractivity contribution in [1.82, 2.24) is 5.32 Å². The zero-order valence-electron chi connectivity index (χ0n) is 14.5. The minimum Gasteiger partial charge on any atom is -0.497 e. The van der Waals surface area contributed by atoms with Gasteiger partial charge in [0.25, 0.3) is 0 Å². The zero-order chi connectivity index (χ0) is 17.4. The first-order valence-corrected chi connectivity index (χ1v) is 9.23. The number of nitrogens with one attached hydrogen (secondary N) is 1. The van der Waals surface area contributed by atoms with E-state index in [0.29, 0.717) is 6.42 Å². The molecule has 1 amide bonds. The molecule has 24 heavy (non-hydrogen) atoms. The van der Waals surface area contributed by atoms with Crippen molar-refractivity contribution in [2.45, 2.75) is 37.6 Å². The highest BCUT2D eigenvalue weighted by atomic mass is 32.2. The molecule has 1 N–H and O–H groups in total. The predicted octanol–water partition coefficient (Wildman–Crippen LogP) is 4.75. The van der Waals surface area contributed by atoms with E-state index in [1.807, 2.05) is 24.3 Å². The van der Waals surface area contributed by atoms with Gasteiger partial charge in [-0.15, -0.1) is 11.8 Å². The molecule has 0 aliphatic carbocycles. The normalized spacial score (nSPS) is 11.8. The van der Waals surface area contributed by atoms with Gasteiger partial charge in [0.15, 0.2) is 0 Å². The number of benzene rings is 2. The number of carbonyl (C=O) groups is 1. The first kappa shape index (κ1) is 18.4. The average Bonchev–Trinajstić information content (AvgIpc) is 2.61. The number of amides is 1. The molecule has 1 unspecified atom stereocenters. The lowest BCUT2D eigenvalue weighted by Crippen LogP contribution is -2.28. The van der Waals surface area contributed by atoms with Crippen molar-refractivity contribution in [3.63, 3.8) is 0 Å². The Morgan fingerprint density at radius 3 is 2.38 bits per heavy atom. The van der Waals surface area contributed by atoms with Crippen LogP contribution in [-0.4, -0.2) is 18.8 Å². The standard InChI is InChI=1S/C20H25NO2S/c1-4-19(16-7-9-17(23-3)10-8-16)21-20(22)13-14-24-18-11-5-15(2)6-12-18/h5-12,19H,4,13-14H2,1-3H3,(H,21,22). The van der Waals surface area contributed by atoms with Gasteiger partial charge in [0.05, 0.1) is 13.2 Å². The number of thioether (sulfide) groups is 1. The molecule has 128 valence electrons. The van der Waals surface area contributed by atoms with Crippen molar-refractivity contribution in [2.24, 2.45) is 0 Å². The van der Waals surface area contributed by atoms with Gasteiger partial charge in [-0.05, 0) is 43.2 Å². The fraction of sp³-hybridized carbons (Fsp3) is 0.350. The first-order chi connectivity index (χ1) is 11.6. The highest BCUT2D eigenvalue weighted by Crippen LogP contribution is 2.21. The molecule has 2 aromatic rings. The Balaban J connectivity index is 1.81. The summed E-state index contributed by atoms with van der Waals surface area (Å²) in [6.07, 6.45) is 1.38. The van der Waals surface area contributed by atoms with E-state index in [0.717, 1.165) is 23.5 Å². The van der Waals surface area contributed by atoms with Crippen LogP contribution >= 0.6 is 11.8 Å². The predicted molar refractivity (Wildman–Crippen MR) is 101 cm³/mol. The molecule has 0 heterocycles. The second-order valence-electron chi connectivity index (χ2n) is 5.71. The molecule has 0 radical (unpaired) electrons. The van der Waals surface area contributed by atoms with Crippen LogP contribution in [0.2, 0.25) is 0 Å². The van der Waals surface area contributed by atoms with E-state index in [1.165, 1.54) is 10.5 Å². The Labute approximate surface area is 148 Å². The summed E-state index contributed by atoms with van der Waals surface area (Å²) in [7, 11) is 1.65. The number of hydrogen-bond acceptors (Lipinski definition) is 3. The summed E-state index contributed by atoms with van der Waals surface area (Å²) in [6, 6.07) is 16.3. The number of hydrogen-bond donors (Lipinski definition) is 1. The summed E-state index contributed by atoms with van der Waals surface area (Å²) in [4.78, 5) is 13.4. The molecule has 0 spiro atoms. The van der Waals surface area contributed by atoms with E-state index in [2.05, 4.69) is 43.4 Å². The minimum absolute atomic E-state index is 0.0489. The van der Waals surface area contributed by atoms with E-state index < -0.39 is 0 Å². The van der Waals surface area contributed by atoms with E-state index in [1.54, 1.807) is 18.9 Å². The van der Waals surface area contributed by atoms with Gasteiger partial charge in [-0.2, -0.15) is 0 Å². The molecule has 3 nitrogen and oxygen atoms in total. The van der Waals surface area contributed by atoms with Crippen molar-refractivity contribution in [1.29, 1.82) is 0 Å². The summed E-state index contributed by atoms with van der Waals surface area (Å²) < 4.78 is 5.18. The molecule has 2 rings (SSSR count). The third kappa shape index (κ3) is 5.60. The summed E-state index contributed by atoms with van der Waals surface area (Å²) in [6.45, 7) is 4.15. The highest BCUT2D eigenvalue weighted by Gasteiger charge is 2.12. The van der Waals surface area contributed by atoms with Crippen molar-refractivity contribution in [3.8, 4) is 5.75 Å². The lowest BCUT2D eigenvalue weighted by molar-refractivity contribution is -0.121. The van der Waals surface area contributed by atoms with Gasteiger partial charge in [-0.25, -0.2) is 0 Å². The van der Waals surface area contributed by atoms with Gasteiger partial charge in [-0.1, -0.05) is 36.8 Å². The minimum atomic E-state index is 0.0489. The molecule has 0 aliphatic heterocycles. The lowest BCUT2D eigenvalue weighted by atomic mass is 10.0. The van der Waals surface area contributed by atoms with Gasteiger partial charge in [-0.3, -0.25) is 4.79 Å².